The van der Waals surface area contributed by atoms with Gasteiger partial charge in [0.15, 0.2) is 0 Å². The molecule has 5 N–H and O–H groups in total. The highest BCUT2D eigenvalue weighted by atomic mass is 127. The summed E-state index contributed by atoms with van der Waals surface area (Å²) in [5.41, 5.74) is 0. The van der Waals surface area contributed by atoms with Crippen molar-refractivity contribution >= 4 is 0 Å². The zero-order chi connectivity index (χ0) is 3.58. The molecule has 2 nitrogen and oxygen atoms in total. The number of halogens is 2. The predicted molar refractivity (Wildman–Crippen MR) is 24.7 cm³/mol. The van der Waals surface area contributed by atoms with Crippen LogP contribution >= 0.6 is 0 Å². The van der Waals surface area contributed by atoms with E-state index in [1.54, 1.807) is 0 Å². The molecule has 0 amide bonds. The number of hydrogen-bond acceptors (Lipinski definition) is 0. The van der Waals surface area contributed by atoms with E-state index in [0.717, 1.165) is 0 Å². The molecule has 7 heavy (non-hydrogen) atoms. The van der Waals surface area contributed by atoms with E-state index >= 15 is 0 Å². The van der Waals surface area contributed by atoms with Gasteiger partial charge in [-0.15, -0.1) is 0 Å². The Morgan fingerprint density at radius 3 is 0.857 bits per heavy atom. The summed E-state index contributed by atoms with van der Waals surface area (Å²) in [6.07, 6.45) is 0. The molecule has 0 aliphatic carbocycles. The maximum absolute atomic E-state index is 2.08. The molecule has 0 aliphatic heterocycles. The average Bonchev–Trinajstić information content (AvgIpc) is 0.811. The first-order valence-electron chi connectivity index (χ1n) is 1.50. The van der Waals surface area contributed by atoms with Crippen molar-refractivity contribution in [3.63, 3.8) is 0 Å². The van der Waals surface area contributed by atoms with Gasteiger partial charge in [0.25, 0.3) is 0 Å². The van der Waals surface area contributed by atoms with Crippen molar-refractivity contribution in [2.75, 3.05) is 21.1 Å². The van der Waals surface area contributed by atoms with Crippen molar-refractivity contribution < 1.29 is 52.9 Å². The Bertz CT molecular complexity index is 15.7. The quantitative estimate of drug-likeness (QED) is 0.414. The standard InChI is InChI=1S/C3H9N.2HI.H3N/c1-4(2)3;;;/h1-3H3;2*1H;1H3. The van der Waals surface area contributed by atoms with Gasteiger partial charge in [-0.1, -0.05) is 0 Å². The molecule has 0 heterocycles. The Balaban J connectivity index is -0.0000000150. The largest absolute Gasteiger partial charge is 1.00 e. The monoisotopic (exact) mass is 332 g/mol. The van der Waals surface area contributed by atoms with E-state index in [1.165, 1.54) is 4.90 Å². The second-order valence-corrected chi connectivity index (χ2v) is 1.50. The average molecular weight is 332 g/mol. The number of nitrogens with one attached hydrogen (secondary N) is 1. The molecular formula is C3H14I2N2. The molecular weight excluding hydrogens is 318 g/mol. The molecule has 0 rings (SSSR count). The van der Waals surface area contributed by atoms with E-state index in [9.17, 15) is 0 Å². The van der Waals surface area contributed by atoms with Crippen molar-refractivity contribution in [2.24, 2.45) is 0 Å². The van der Waals surface area contributed by atoms with Crippen LogP contribution in [0, 0.1) is 0 Å². The summed E-state index contributed by atoms with van der Waals surface area (Å²) in [6, 6.07) is 0. The third-order valence-electron chi connectivity index (χ3n) is 0. The van der Waals surface area contributed by atoms with Gasteiger partial charge in [-0.25, -0.2) is 0 Å². The number of quaternary nitrogens is 2. The van der Waals surface area contributed by atoms with Gasteiger partial charge in [0.1, 0.15) is 0 Å². The molecule has 0 aromatic rings. The minimum atomic E-state index is 0. The first-order valence-corrected chi connectivity index (χ1v) is 1.50. The van der Waals surface area contributed by atoms with Crippen LogP contribution in [0.3, 0.4) is 0 Å². The van der Waals surface area contributed by atoms with Gasteiger partial charge < -0.3 is 59.0 Å². The smallest absolute Gasteiger partial charge is 0.0661 e. The fourth-order valence-corrected chi connectivity index (χ4v) is 0. The van der Waals surface area contributed by atoms with Gasteiger partial charge in [-0.2, -0.15) is 0 Å². The van der Waals surface area contributed by atoms with Crippen LogP contribution in [0.2, 0.25) is 0 Å². The third-order valence-corrected chi connectivity index (χ3v) is 0. The molecule has 0 spiro atoms. The van der Waals surface area contributed by atoms with Crippen LogP contribution in [0.4, 0.5) is 0 Å². The summed E-state index contributed by atoms with van der Waals surface area (Å²) in [5, 5.41) is 0. The fourth-order valence-electron chi connectivity index (χ4n) is 0. The van der Waals surface area contributed by atoms with E-state index in [4.69, 9.17) is 0 Å². The minimum absolute atomic E-state index is 0. The van der Waals surface area contributed by atoms with Gasteiger partial charge in [0.05, 0.1) is 21.1 Å². The van der Waals surface area contributed by atoms with Gasteiger partial charge in [0, 0.05) is 0 Å². The lowest BCUT2D eigenvalue weighted by Gasteiger charge is -1.88. The van der Waals surface area contributed by atoms with Crippen LogP contribution in [0.1, 0.15) is 0 Å². The van der Waals surface area contributed by atoms with E-state index in [2.05, 4.69) is 21.1 Å². The van der Waals surface area contributed by atoms with Crippen LogP contribution < -0.4 is 59.0 Å². The number of rotatable bonds is 0. The van der Waals surface area contributed by atoms with Crippen LogP contribution in [0.25, 0.3) is 0 Å². The van der Waals surface area contributed by atoms with Gasteiger partial charge in [-0.05, 0) is 0 Å². The van der Waals surface area contributed by atoms with Crippen molar-refractivity contribution in [3.05, 3.63) is 0 Å². The second-order valence-electron chi connectivity index (χ2n) is 1.50. The molecule has 50 valence electrons. The summed E-state index contributed by atoms with van der Waals surface area (Å²) in [5.74, 6) is 0. The molecule has 4 heteroatoms. The molecule has 0 aromatic heterocycles. The lowest BCUT2D eigenvalue weighted by atomic mass is 11.0. The second kappa shape index (κ2) is 15.7. The summed E-state index contributed by atoms with van der Waals surface area (Å²) in [7, 11) is 6.25. The van der Waals surface area contributed by atoms with Gasteiger partial charge in [-0.3, -0.25) is 0 Å². The highest BCUT2D eigenvalue weighted by molar-refractivity contribution is 3.59. The highest BCUT2D eigenvalue weighted by Gasteiger charge is 1.61. The van der Waals surface area contributed by atoms with Crippen molar-refractivity contribution in [1.82, 2.24) is 6.15 Å². The van der Waals surface area contributed by atoms with E-state index < -0.39 is 0 Å². The normalized spacial score (nSPS) is 5.14. The summed E-state index contributed by atoms with van der Waals surface area (Å²) in [4.78, 5) is 1.42. The number of hydrogen-bond donors (Lipinski definition) is 2. The minimum Gasteiger partial charge on any atom is -1.00 e. The fraction of sp³-hybridized carbons (Fsp3) is 1.00. The van der Waals surface area contributed by atoms with Gasteiger partial charge >= 0.3 is 0 Å². The molecule has 0 radical (unpaired) electrons. The van der Waals surface area contributed by atoms with Crippen LogP contribution in [0.5, 0.6) is 0 Å². The van der Waals surface area contributed by atoms with Crippen molar-refractivity contribution in [3.8, 4) is 0 Å². The molecule has 0 fully saturated rings. The molecule has 0 atom stereocenters. The molecule has 0 aliphatic rings. The maximum Gasteiger partial charge on any atom is 0.0661 e. The van der Waals surface area contributed by atoms with Crippen molar-refractivity contribution in [1.29, 1.82) is 0 Å². The Hall–Kier alpha value is 1.38. The van der Waals surface area contributed by atoms with Crippen molar-refractivity contribution in [2.45, 2.75) is 0 Å². The Labute approximate surface area is 79.7 Å². The summed E-state index contributed by atoms with van der Waals surface area (Å²) < 4.78 is 0. The SMILES string of the molecule is C[NH+](C)C.[I-].[I-].[NH4+]. The first-order chi connectivity index (χ1) is 1.73. The topological polar surface area (TPSA) is 40.9 Å². The van der Waals surface area contributed by atoms with E-state index in [-0.39, 0.29) is 54.1 Å². The molecule has 0 aromatic carbocycles. The zero-order valence-corrected chi connectivity index (χ0v) is 9.57. The van der Waals surface area contributed by atoms with Gasteiger partial charge in [0.2, 0.25) is 0 Å². The first kappa shape index (κ1) is 23.8. The Morgan fingerprint density at radius 1 is 0.857 bits per heavy atom. The maximum atomic E-state index is 2.08. The molecule has 0 unspecified atom stereocenters. The van der Waals surface area contributed by atoms with E-state index in [1.807, 2.05) is 0 Å². The van der Waals surface area contributed by atoms with Crippen LogP contribution in [-0.4, -0.2) is 21.1 Å². The van der Waals surface area contributed by atoms with Crippen LogP contribution in [0.15, 0.2) is 0 Å². The zero-order valence-electron chi connectivity index (χ0n) is 5.26. The molecule has 0 saturated carbocycles. The van der Waals surface area contributed by atoms with E-state index in [0.29, 0.717) is 0 Å². The Morgan fingerprint density at radius 2 is 0.857 bits per heavy atom. The summed E-state index contributed by atoms with van der Waals surface area (Å²) >= 11 is 0. The Kier molecular flexibility index (Phi) is 53.2. The summed E-state index contributed by atoms with van der Waals surface area (Å²) in [6.45, 7) is 0. The molecule has 0 bridgehead atoms. The lowest BCUT2D eigenvalue weighted by molar-refractivity contribution is -0.836. The predicted octanol–water partition coefficient (Wildman–Crippen LogP) is -6.86. The lowest BCUT2D eigenvalue weighted by Crippen LogP contribution is -3.02. The third kappa shape index (κ3) is 112. The van der Waals surface area contributed by atoms with Crippen LogP contribution in [-0.2, 0) is 0 Å². The highest BCUT2D eigenvalue weighted by Crippen LogP contribution is 0.864. The molecule has 0 saturated heterocycles.